The number of carbonyl (C=O) groups excluding carboxylic acids is 1. The molecule has 0 aliphatic rings. The van der Waals surface area contributed by atoms with Crippen molar-refractivity contribution in [2.75, 3.05) is 5.32 Å². The van der Waals surface area contributed by atoms with Crippen molar-refractivity contribution >= 4 is 34.3 Å². The van der Waals surface area contributed by atoms with E-state index in [0.29, 0.717) is 5.82 Å². The van der Waals surface area contributed by atoms with Gasteiger partial charge in [0.25, 0.3) is 5.95 Å². The predicted octanol–water partition coefficient (Wildman–Crippen LogP) is 2.96. The molecule has 2 amide bonds. The molecule has 2 N–H and O–H groups in total. The summed E-state index contributed by atoms with van der Waals surface area (Å²) in [6.07, 6.45) is 0.773. The molecule has 0 bridgehead atoms. The Labute approximate surface area is 170 Å². The van der Waals surface area contributed by atoms with Gasteiger partial charge in [0.15, 0.2) is 5.82 Å². The van der Waals surface area contributed by atoms with Gasteiger partial charge in [0, 0.05) is 16.0 Å². The first kappa shape index (κ1) is 19.9. The molecule has 0 aliphatic heterocycles. The molecule has 3 heterocycles. The number of pyridine rings is 1. The zero-order chi connectivity index (χ0) is 20.3. The second kappa shape index (κ2) is 8.04. The maximum Gasteiger partial charge on any atom is 0.433 e. The third kappa shape index (κ3) is 4.52. The quantitative estimate of drug-likeness (QED) is 0.529. The Bertz CT molecular complexity index is 979. The number of urea groups is 1. The number of rotatable bonds is 4. The van der Waals surface area contributed by atoms with Crippen LogP contribution in [-0.2, 0) is 6.18 Å². The zero-order valence-electron chi connectivity index (χ0n) is 14.1. The second-order valence-corrected chi connectivity index (χ2v) is 6.61. The minimum Gasteiger partial charge on any atom is -0.328 e. The van der Waals surface area contributed by atoms with Gasteiger partial charge in [-0.3, -0.25) is 0 Å². The van der Waals surface area contributed by atoms with Gasteiger partial charge in [-0.1, -0.05) is 0 Å². The summed E-state index contributed by atoms with van der Waals surface area (Å²) in [5, 5.41) is 9.13. The van der Waals surface area contributed by atoms with Crippen LogP contribution in [0.5, 0.6) is 0 Å². The largest absolute Gasteiger partial charge is 0.433 e. The number of amides is 2. The highest BCUT2D eigenvalue weighted by Crippen LogP contribution is 2.30. The first-order valence-corrected chi connectivity index (χ1v) is 8.81. The van der Waals surface area contributed by atoms with Crippen LogP contribution in [0.4, 0.5) is 23.7 Å². The van der Waals surface area contributed by atoms with Crippen molar-refractivity contribution in [3.05, 3.63) is 52.1 Å². The van der Waals surface area contributed by atoms with Crippen molar-refractivity contribution in [3.63, 3.8) is 0 Å². The van der Waals surface area contributed by atoms with Gasteiger partial charge in [-0.2, -0.15) is 23.0 Å². The molecule has 0 radical (unpaired) electrons. The molecule has 0 fully saturated rings. The number of hydrogen-bond acceptors (Lipinski definition) is 6. The highest BCUT2D eigenvalue weighted by Gasteiger charge is 2.33. The third-order valence-electron chi connectivity index (χ3n) is 3.44. The van der Waals surface area contributed by atoms with Crippen molar-refractivity contribution in [1.29, 1.82) is 0 Å². The van der Waals surface area contributed by atoms with Crippen LogP contribution >= 0.6 is 22.6 Å². The maximum atomic E-state index is 12.7. The summed E-state index contributed by atoms with van der Waals surface area (Å²) in [5.41, 5.74) is -0.890. The summed E-state index contributed by atoms with van der Waals surface area (Å²) in [7, 11) is 0. The first-order chi connectivity index (χ1) is 13.3. The van der Waals surface area contributed by atoms with E-state index >= 15 is 0 Å². The molecule has 3 rings (SSSR count). The molecule has 0 saturated heterocycles. The van der Waals surface area contributed by atoms with E-state index in [9.17, 15) is 18.0 Å². The van der Waals surface area contributed by atoms with Crippen LogP contribution in [0.25, 0.3) is 5.95 Å². The summed E-state index contributed by atoms with van der Waals surface area (Å²) >= 11 is 1.69. The average Bonchev–Trinajstić information content (AvgIpc) is 3.13. The van der Waals surface area contributed by atoms with Gasteiger partial charge < -0.3 is 10.6 Å². The third-order valence-corrected chi connectivity index (χ3v) is 4.34. The molecule has 9 nitrogen and oxygen atoms in total. The van der Waals surface area contributed by atoms with E-state index in [1.54, 1.807) is 35.6 Å². The molecule has 0 spiro atoms. The summed E-state index contributed by atoms with van der Waals surface area (Å²) in [6.45, 7) is 1.67. The lowest BCUT2D eigenvalue weighted by Gasteiger charge is -2.15. The number of nitrogens with one attached hydrogen (secondary N) is 2. The topological polar surface area (TPSA) is 111 Å². The van der Waals surface area contributed by atoms with Crippen molar-refractivity contribution in [1.82, 2.24) is 35.0 Å². The van der Waals surface area contributed by atoms with E-state index in [4.69, 9.17) is 0 Å². The lowest BCUT2D eigenvalue weighted by Crippen LogP contribution is -2.33. The number of aromatic nitrogens is 6. The Morgan fingerprint density at radius 2 is 1.93 bits per heavy atom. The maximum absolute atomic E-state index is 12.7. The second-order valence-electron chi connectivity index (χ2n) is 5.45. The van der Waals surface area contributed by atoms with Crippen molar-refractivity contribution in [2.24, 2.45) is 0 Å². The van der Waals surface area contributed by atoms with Gasteiger partial charge in [-0.05, 0) is 41.6 Å². The Hall–Kier alpha value is -2.84. The van der Waals surface area contributed by atoms with Crippen LogP contribution in [0.15, 0.2) is 37.1 Å². The monoisotopic (exact) mass is 504 g/mol. The number of alkyl halides is 3. The van der Waals surface area contributed by atoms with E-state index in [-0.39, 0.29) is 15.2 Å². The fourth-order valence-corrected chi connectivity index (χ4v) is 2.77. The van der Waals surface area contributed by atoms with Gasteiger partial charge in [-0.25, -0.2) is 24.7 Å². The molecule has 0 saturated carbocycles. The molecule has 28 heavy (non-hydrogen) atoms. The zero-order valence-corrected chi connectivity index (χ0v) is 16.3. The molecule has 13 heteroatoms. The molecule has 0 aliphatic carbocycles. The van der Waals surface area contributed by atoms with Crippen LogP contribution in [0, 0.1) is 3.57 Å². The highest BCUT2D eigenvalue weighted by molar-refractivity contribution is 14.1. The molecule has 1 unspecified atom stereocenters. The Morgan fingerprint density at radius 1 is 1.21 bits per heavy atom. The van der Waals surface area contributed by atoms with Crippen LogP contribution in [0.3, 0.4) is 0 Å². The standard InChI is InChI=1S/C15H12F3IN8O/c1-8(12-23-7-24-27(12)13-20-3-2-4-21-13)25-14(28)26-10-6-22-11(5-9(10)19)15(16,17)18/h2-8H,1H3,(H2,25,26,28). The van der Waals surface area contributed by atoms with Crippen molar-refractivity contribution in [3.8, 4) is 5.95 Å². The molecule has 0 aromatic carbocycles. The highest BCUT2D eigenvalue weighted by atomic mass is 127. The minimum atomic E-state index is -4.56. The molecule has 1 atom stereocenters. The summed E-state index contributed by atoms with van der Waals surface area (Å²) in [6, 6.07) is 1.26. The fourth-order valence-electron chi connectivity index (χ4n) is 2.20. The van der Waals surface area contributed by atoms with Gasteiger partial charge in [0.1, 0.15) is 12.0 Å². The first-order valence-electron chi connectivity index (χ1n) is 7.73. The SMILES string of the molecule is CC(NC(=O)Nc1cnc(C(F)(F)F)cc1I)c1ncnn1-c1ncccn1. The Balaban J connectivity index is 1.70. The number of nitrogens with zero attached hydrogens (tertiary/aromatic N) is 6. The van der Waals surface area contributed by atoms with Gasteiger partial charge in [-0.15, -0.1) is 0 Å². The molecule has 146 valence electrons. The van der Waals surface area contributed by atoms with Gasteiger partial charge in [0.05, 0.1) is 17.9 Å². The van der Waals surface area contributed by atoms with Gasteiger partial charge >= 0.3 is 12.2 Å². The smallest absolute Gasteiger partial charge is 0.328 e. The minimum absolute atomic E-state index is 0.145. The molecular formula is C15H12F3IN8O. The molecular weight excluding hydrogens is 492 g/mol. The summed E-state index contributed by atoms with van der Waals surface area (Å²) in [5.74, 6) is 0.659. The van der Waals surface area contributed by atoms with E-state index < -0.39 is 23.9 Å². The predicted molar refractivity (Wildman–Crippen MR) is 99.5 cm³/mol. The van der Waals surface area contributed by atoms with Crippen molar-refractivity contribution in [2.45, 2.75) is 19.1 Å². The lowest BCUT2D eigenvalue weighted by molar-refractivity contribution is -0.141. The Morgan fingerprint density at radius 3 is 2.57 bits per heavy atom. The van der Waals surface area contributed by atoms with Gasteiger partial charge in [0.2, 0.25) is 0 Å². The van der Waals surface area contributed by atoms with Crippen LogP contribution in [0.2, 0.25) is 0 Å². The Kier molecular flexibility index (Phi) is 5.71. The normalized spacial score (nSPS) is 12.5. The molecule has 3 aromatic rings. The fraction of sp³-hybridized carbons (Fsp3) is 0.200. The van der Waals surface area contributed by atoms with E-state index in [1.807, 2.05) is 0 Å². The average molecular weight is 504 g/mol. The number of carbonyl (C=O) groups is 1. The van der Waals surface area contributed by atoms with Crippen LogP contribution < -0.4 is 10.6 Å². The number of halogens is 4. The van der Waals surface area contributed by atoms with E-state index in [0.717, 1.165) is 12.3 Å². The van der Waals surface area contributed by atoms with Crippen LogP contribution in [0.1, 0.15) is 24.5 Å². The van der Waals surface area contributed by atoms with Crippen molar-refractivity contribution < 1.29 is 18.0 Å². The summed E-state index contributed by atoms with van der Waals surface area (Å²) in [4.78, 5) is 27.8. The van der Waals surface area contributed by atoms with E-state index in [2.05, 4.69) is 35.7 Å². The van der Waals surface area contributed by atoms with E-state index in [1.165, 1.54) is 23.4 Å². The number of hydrogen-bond donors (Lipinski definition) is 2. The lowest BCUT2D eigenvalue weighted by atomic mass is 10.3. The summed E-state index contributed by atoms with van der Waals surface area (Å²) < 4.78 is 39.6. The molecule has 3 aromatic heterocycles. The number of anilines is 1. The van der Waals surface area contributed by atoms with Crippen LogP contribution in [-0.4, -0.2) is 35.7 Å².